The number of rotatable bonds is 2. The molecule has 1 rings (SSSR count). The summed E-state index contributed by atoms with van der Waals surface area (Å²) in [5.74, 6) is -0.666. The quantitative estimate of drug-likeness (QED) is 0.747. The van der Waals surface area contributed by atoms with Crippen LogP contribution in [0.5, 0.6) is 0 Å². The number of aryl methyl sites for hydroxylation is 1. The van der Waals surface area contributed by atoms with Crippen LogP contribution in [0.4, 0.5) is 0 Å². The minimum atomic E-state index is -3.81. The lowest BCUT2D eigenvalue weighted by molar-refractivity contribution is 0.0999. The highest BCUT2D eigenvalue weighted by Crippen LogP contribution is 2.18. The normalized spacial score (nSPS) is 11.4. The first kappa shape index (κ1) is 11.7. The number of hydrogen-bond donors (Lipinski definition) is 2. The summed E-state index contributed by atoms with van der Waals surface area (Å²) in [6, 6.07) is 2.61. The number of carbonyl (C=O) groups excluding carboxylic acids is 1. The van der Waals surface area contributed by atoms with E-state index in [0.29, 0.717) is 11.1 Å². The predicted octanol–water partition coefficient (Wildman–Crippen LogP) is 0.0497. The van der Waals surface area contributed by atoms with Gasteiger partial charge in [-0.3, -0.25) is 4.79 Å². The lowest BCUT2D eigenvalue weighted by Gasteiger charge is -2.08. The van der Waals surface area contributed by atoms with Crippen molar-refractivity contribution in [1.82, 2.24) is 0 Å². The molecule has 0 fully saturated rings. The van der Waals surface area contributed by atoms with E-state index in [9.17, 15) is 13.2 Å². The van der Waals surface area contributed by atoms with Crippen molar-refractivity contribution in [2.75, 3.05) is 0 Å². The molecule has 0 atom stereocenters. The molecule has 0 radical (unpaired) electrons. The molecule has 0 aromatic heterocycles. The molecule has 0 bridgehead atoms. The molecule has 0 aliphatic rings. The van der Waals surface area contributed by atoms with Crippen molar-refractivity contribution in [2.24, 2.45) is 10.9 Å². The molecule has 0 aliphatic heterocycles. The van der Waals surface area contributed by atoms with Crippen molar-refractivity contribution in [3.8, 4) is 0 Å². The molecule has 15 heavy (non-hydrogen) atoms. The lowest BCUT2D eigenvalue weighted by Crippen LogP contribution is -2.17. The largest absolute Gasteiger partial charge is 0.366 e. The Morgan fingerprint density at radius 3 is 2.20 bits per heavy atom. The van der Waals surface area contributed by atoms with Crippen LogP contribution in [0.2, 0.25) is 0 Å². The van der Waals surface area contributed by atoms with Gasteiger partial charge in [-0.15, -0.1) is 0 Å². The molecular weight excluding hydrogens is 216 g/mol. The van der Waals surface area contributed by atoms with E-state index in [1.807, 2.05) is 0 Å². The second-order valence-electron chi connectivity index (χ2n) is 3.32. The van der Waals surface area contributed by atoms with Crippen molar-refractivity contribution in [1.29, 1.82) is 0 Å². The van der Waals surface area contributed by atoms with Gasteiger partial charge < -0.3 is 5.73 Å². The van der Waals surface area contributed by atoms with Crippen LogP contribution in [0.15, 0.2) is 17.0 Å². The smallest absolute Gasteiger partial charge is 0.249 e. The van der Waals surface area contributed by atoms with Crippen LogP contribution in [0.25, 0.3) is 0 Å². The third-order valence-electron chi connectivity index (χ3n) is 2.23. The summed E-state index contributed by atoms with van der Waals surface area (Å²) in [5, 5.41) is 4.96. The summed E-state index contributed by atoms with van der Waals surface area (Å²) >= 11 is 0. The number of nitrogens with two attached hydrogens (primary N) is 2. The molecular formula is C9H12N2O3S. The highest BCUT2D eigenvalue weighted by Gasteiger charge is 2.14. The molecule has 0 spiro atoms. The number of amides is 1. The van der Waals surface area contributed by atoms with E-state index in [2.05, 4.69) is 0 Å². The Hall–Kier alpha value is -1.40. The molecule has 1 amide bonds. The monoisotopic (exact) mass is 228 g/mol. The van der Waals surface area contributed by atoms with Gasteiger partial charge >= 0.3 is 0 Å². The Kier molecular flexibility index (Phi) is 2.83. The van der Waals surface area contributed by atoms with Gasteiger partial charge in [-0.1, -0.05) is 0 Å². The average Bonchev–Trinajstić information content (AvgIpc) is 2.06. The van der Waals surface area contributed by atoms with E-state index in [4.69, 9.17) is 10.9 Å². The van der Waals surface area contributed by atoms with Crippen molar-refractivity contribution >= 4 is 15.9 Å². The van der Waals surface area contributed by atoms with Gasteiger partial charge in [-0.25, -0.2) is 13.6 Å². The second-order valence-corrected chi connectivity index (χ2v) is 4.88. The van der Waals surface area contributed by atoms with Gasteiger partial charge in [0.2, 0.25) is 15.9 Å². The molecule has 5 nitrogen and oxygen atoms in total. The molecule has 6 heteroatoms. The fraction of sp³-hybridized carbons (Fsp3) is 0.222. The maximum Gasteiger partial charge on any atom is 0.249 e. The third kappa shape index (κ3) is 2.34. The summed E-state index contributed by atoms with van der Waals surface area (Å²) < 4.78 is 22.2. The number of benzene rings is 1. The topological polar surface area (TPSA) is 103 Å². The van der Waals surface area contributed by atoms with Crippen LogP contribution < -0.4 is 10.9 Å². The van der Waals surface area contributed by atoms with E-state index in [1.54, 1.807) is 13.8 Å². The standard InChI is InChI=1S/C9H12N2O3S/c1-5-3-7(15(11,13)14)4-8(6(5)2)9(10)12/h3-4H,1-2H3,(H2,10,12)(H2,11,13,14). The van der Waals surface area contributed by atoms with Crippen LogP contribution in [-0.2, 0) is 10.0 Å². The first-order chi connectivity index (χ1) is 6.73. The molecule has 0 heterocycles. The van der Waals surface area contributed by atoms with Crippen molar-refractivity contribution in [2.45, 2.75) is 18.7 Å². The summed E-state index contributed by atoms with van der Waals surface area (Å²) in [6.45, 7) is 3.39. The number of primary amides is 1. The zero-order valence-electron chi connectivity index (χ0n) is 8.44. The van der Waals surface area contributed by atoms with E-state index in [-0.39, 0.29) is 10.5 Å². The predicted molar refractivity (Wildman–Crippen MR) is 55.8 cm³/mol. The van der Waals surface area contributed by atoms with E-state index in [0.717, 1.165) is 0 Å². The minimum Gasteiger partial charge on any atom is -0.366 e. The SMILES string of the molecule is Cc1cc(S(N)(=O)=O)cc(C(N)=O)c1C. The number of carbonyl (C=O) groups is 1. The van der Waals surface area contributed by atoms with E-state index < -0.39 is 15.9 Å². The molecule has 0 saturated carbocycles. The van der Waals surface area contributed by atoms with Crippen molar-refractivity contribution in [3.63, 3.8) is 0 Å². The van der Waals surface area contributed by atoms with Gasteiger partial charge in [-0.2, -0.15) is 0 Å². The fourth-order valence-corrected chi connectivity index (χ4v) is 1.87. The van der Waals surface area contributed by atoms with E-state index >= 15 is 0 Å². The van der Waals surface area contributed by atoms with Crippen molar-refractivity contribution in [3.05, 3.63) is 28.8 Å². The van der Waals surface area contributed by atoms with Crippen LogP contribution in [-0.4, -0.2) is 14.3 Å². The minimum absolute atomic E-state index is 0.0978. The average molecular weight is 228 g/mol. The maximum absolute atomic E-state index is 11.1. The highest BCUT2D eigenvalue weighted by molar-refractivity contribution is 7.89. The van der Waals surface area contributed by atoms with Crippen molar-refractivity contribution < 1.29 is 13.2 Å². The second kappa shape index (κ2) is 3.63. The summed E-state index contributed by atoms with van der Waals surface area (Å²) in [6.07, 6.45) is 0. The van der Waals surface area contributed by atoms with Gasteiger partial charge in [-0.05, 0) is 37.1 Å². The summed E-state index contributed by atoms with van der Waals surface area (Å²) in [5.41, 5.74) is 6.63. The van der Waals surface area contributed by atoms with Gasteiger partial charge in [0.1, 0.15) is 0 Å². The van der Waals surface area contributed by atoms with Gasteiger partial charge in [0.05, 0.1) is 4.90 Å². The molecule has 0 aliphatic carbocycles. The first-order valence-corrected chi connectivity index (χ1v) is 5.72. The Morgan fingerprint density at radius 2 is 1.80 bits per heavy atom. The number of hydrogen-bond acceptors (Lipinski definition) is 3. The lowest BCUT2D eigenvalue weighted by atomic mass is 10.0. The number of primary sulfonamides is 1. The molecule has 4 N–H and O–H groups in total. The first-order valence-electron chi connectivity index (χ1n) is 4.17. The zero-order chi connectivity index (χ0) is 11.8. The zero-order valence-corrected chi connectivity index (χ0v) is 9.26. The Bertz CT molecular complexity index is 520. The maximum atomic E-state index is 11.1. The van der Waals surface area contributed by atoms with Crippen LogP contribution in [0.3, 0.4) is 0 Å². The molecule has 1 aromatic carbocycles. The van der Waals surface area contributed by atoms with E-state index in [1.165, 1.54) is 12.1 Å². The Morgan fingerprint density at radius 1 is 1.27 bits per heavy atom. The van der Waals surface area contributed by atoms with Crippen LogP contribution >= 0.6 is 0 Å². The van der Waals surface area contributed by atoms with Gasteiger partial charge in [0, 0.05) is 5.56 Å². The fourth-order valence-electron chi connectivity index (χ4n) is 1.25. The van der Waals surface area contributed by atoms with Crippen LogP contribution in [0, 0.1) is 13.8 Å². The van der Waals surface area contributed by atoms with Crippen LogP contribution in [0.1, 0.15) is 21.5 Å². The van der Waals surface area contributed by atoms with Gasteiger partial charge in [0.15, 0.2) is 0 Å². The molecule has 1 aromatic rings. The number of sulfonamides is 1. The highest BCUT2D eigenvalue weighted by atomic mass is 32.2. The third-order valence-corrected chi connectivity index (χ3v) is 3.13. The van der Waals surface area contributed by atoms with Gasteiger partial charge in [0.25, 0.3) is 0 Å². The Labute approximate surface area is 88.1 Å². The Balaban J connectivity index is 3.57. The molecule has 0 unspecified atom stereocenters. The molecule has 0 saturated heterocycles. The summed E-state index contributed by atoms with van der Waals surface area (Å²) in [7, 11) is -3.81. The summed E-state index contributed by atoms with van der Waals surface area (Å²) in [4.78, 5) is 10.9. The molecule has 82 valence electrons.